The van der Waals surface area contributed by atoms with Crippen LogP contribution in [0.4, 0.5) is 0 Å². The minimum Gasteiger partial charge on any atom is -0.493 e. The van der Waals surface area contributed by atoms with E-state index in [0.717, 1.165) is 32.1 Å². The van der Waals surface area contributed by atoms with Gasteiger partial charge < -0.3 is 9.84 Å². The number of hydrogen-bond donors (Lipinski definition) is 1. The second kappa shape index (κ2) is 11.2. The Balaban J connectivity index is 2.50. The molecule has 0 aromatic heterocycles. The van der Waals surface area contributed by atoms with Crippen LogP contribution in [-0.2, 0) is 9.53 Å². The third-order valence-electron chi connectivity index (χ3n) is 5.14. The van der Waals surface area contributed by atoms with E-state index in [-0.39, 0.29) is 23.4 Å². The van der Waals surface area contributed by atoms with E-state index >= 15 is 0 Å². The van der Waals surface area contributed by atoms with Crippen LogP contribution in [0.5, 0.6) is 0 Å². The molecule has 0 saturated heterocycles. The first-order chi connectivity index (χ1) is 12.3. The van der Waals surface area contributed by atoms with Crippen molar-refractivity contribution in [2.45, 2.75) is 72.8 Å². The molecule has 26 heavy (non-hydrogen) atoms. The van der Waals surface area contributed by atoms with Gasteiger partial charge in [-0.1, -0.05) is 41.9 Å². The zero-order valence-electron chi connectivity index (χ0n) is 17.3. The van der Waals surface area contributed by atoms with Crippen LogP contribution in [0.2, 0.25) is 0 Å². The number of ketones is 1. The minimum atomic E-state index is -0.626. The monoisotopic (exact) mass is 360 g/mol. The van der Waals surface area contributed by atoms with Gasteiger partial charge in [0.1, 0.15) is 0 Å². The van der Waals surface area contributed by atoms with Gasteiger partial charge in [0.25, 0.3) is 0 Å². The van der Waals surface area contributed by atoms with Crippen molar-refractivity contribution in [1.82, 2.24) is 0 Å². The first-order valence-electron chi connectivity index (χ1n) is 9.69. The first kappa shape index (κ1) is 22.4. The summed E-state index contributed by atoms with van der Waals surface area (Å²) in [6.45, 7) is 10.5. The van der Waals surface area contributed by atoms with Crippen molar-refractivity contribution < 1.29 is 14.6 Å². The predicted octanol–water partition coefficient (Wildman–Crippen LogP) is 5.52. The molecule has 0 aliphatic heterocycles. The van der Waals surface area contributed by atoms with E-state index in [2.05, 4.69) is 45.9 Å². The molecule has 0 bridgehead atoms. The molecule has 0 fully saturated rings. The molecular weight excluding hydrogens is 324 g/mol. The number of ether oxygens (including phenoxy) is 1. The summed E-state index contributed by atoms with van der Waals surface area (Å²) in [6, 6.07) is 0. The summed E-state index contributed by atoms with van der Waals surface area (Å²) >= 11 is 0. The largest absolute Gasteiger partial charge is 0.493 e. The van der Waals surface area contributed by atoms with E-state index in [1.807, 2.05) is 6.92 Å². The number of hydrogen-bond acceptors (Lipinski definition) is 3. The van der Waals surface area contributed by atoms with Crippen molar-refractivity contribution in [1.29, 1.82) is 0 Å². The highest BCUT2D eigenvalue weighted by molar-refractivity contribution is 5.96. The molecule has 0 aromatic carbocycles. The molecule has 3 nitrogen and oxygen atoms in total. The molecule has 3 heteroatoms. The number of methoxy groups -OCH3 is 1. The average Bonchev–Trinajstić information content (AvgIpc) is 2.57. The Hall–Kier alpha value is -1.61. The van der Waals surface area contributed by atoms with Gasteiger partial charge in [-0.05, 0) is 65.9 Å². The maximum Gasteiger partial charge on any atom is 0.200 e. The first-order valence-corrected chi connectivity index (χ1v) is 9.69. The topological polar surface area (TPSA) is 46.5 Å². The van der Waals surface area contributed by atoms with Crippen molar-refractivity contribution in [3.63, 3.8) is 0 Å². The van der Waals surface area contributed by atoms with Crippen LogP contribution in [-0.4, -0.2) is 24.1 Å². The van der Waals surface area contributed by atoms with Gasteiger partial charge in [0.05, 0.1) is 13.2 Å². The van der Waals surface area contributed by atoms with E-state index in [0.29, 0.717) is 0 Å². The summed E-state index contributed by atoms with van der Waals surface area (Å²) in [5.74, 6) is -0.0108. The molecule has 1 aliphatic carbocycles. The lowest BCUT2D eigenvalue weighted by Gasteiger charge is -2.30. The lowest BCUT2D eigenvalue weighted by Crippen LogP contribution is -2.36. The van der Waals surface area contributed by atoms with Gasteiger partial charge >= 0.3 is 0 Å². The highest BCUT2D eigenvalue weighted by Crippen LogP contribution is 2.30. The number of aliphatic hydroxyl groups excluding tert-OH is 1. The summed E-state index contributed by atoms with van der Waals surface area (Å²) in [4.78, 5) is 12.2. The van der Waals surface area contributed by atoms with Crippen LogP contribution in [0, 0.1) is 11.8 Å². The van der Waals surface area contributed by atoms with Crippen LogP contribution in [0.3, 0.4) is 0 Å². The van der Waals surface area contributed by atoms with E-state index in [1.165, 1.54) is 23.8 Å². The molecule has 146 valence electrons. The summed E-state index contributed by atoms with van der Waals surface area (Å²) in [5, 5.41) is 10.3. The number of aliphatic hydroxyl groups is 1. The van der Waals surface area contributed by atoms with Gasteiger partial charge in [-0.2, -0.15) is 0 Å². The highest BCUT2D eigenvalue weighted by Gasteiger charge is 2.35. The zero-order chi connectivity index (χ0) is 19.7. The summed E-state index contributed by atoms with van der Waals surface area (Å²) in [5.41, 5.74) is 4.13. The quantitative estimate of drug-likeness (QED) is 0.551. The normalized spacial score (nSPS) is 24.3. The molecule has 0 amide bonds. The maximum atomic E-state index is 12.2. The molecule has 0 saturated carbocycles. The number of carbonyl (C=O) groups is 1. The number of rotatable bonds is 9. The number of carbonyl (C=O) groups excluding carboxylic acids is 1. The highest BCUT2D eigenvalue weighted by atomic mass is 16.5. The molecule has 0 spiro atoms. The van der Waals surface area contributed by atoms with Gasteiger partial charge in [0.15, 0.2) is 11.5 Å². The average molecular weight is 361 g/mol. The Bertz CT molecular complexity index is 589. The lowest BCUT2D eigenvalue weighted by atomic mass is 9.78. The van der Waals surface area contributed by atoms with Crippen LogP contribution >= 0.6 is 0 Å². The number of allylic oxidation sites excluding steroid dienone is 7. The Kier molecular flexibility index (Phi) is 9.64. The van der Waals surface area contributed by atoms with Gasteiger partial charge in [0, 0.05) is 11.8 Å². The molecule has 1 N–H and O–H groups in total. The maximum absolute atomic E-state index is 12.2. The molecule has 1 aliphatic rings. The predicted molar refractivity (Wildman–Crippen MR) is 109 cm³/mol. The fourth-order valence-corrected chi connectivity index (χ4v) is 3.26. The molecular formula is C23H36O3. The zero-order valence-corrected chi connectivity index (χ0v) is 17.3. The standard InChI is InChI=1S/C23H36O3/c1-16(2)9-7-10-17(3)11-8-12-18(4)13-14-20-19(5)23(25)22(26-6)15-21(20)24/h9,11,13,15,19-21,24H,7-8,10,12,14H2,1-6H3/b17-11+,18-13+/t19-,20?,21+/m1/s1. The van der Waals surface area contributed by atoms with Crippen molar-refractivity contribution in [3.8, 4) is 0 Å². The molecule has 0 heterocycles. The minimum absolute atomic E-state index is 0.0104. The molecule has 3 atom stereocenters. The van der Waals surface area contributed by atoms with E-state index in [4.69, 9.17) is 4.74 Å². The Morgan fingerprint density at radius 3 is 2.23 bits per heavy atom. The number of Topliss-reactive ketones (excluding diaryl/α,β-unsaturated/α-hetero) is 1. The Morgan fingerprint density at radius 1 is 1.08 bits per heavy atom. The lowest BCUT2D eigenvalue weighted by molar-refractivity contribution is -0.126. The second-order valence-electron chi connectivity index (χ2n) is 7.74. The Labute approximate surface area is 159 Å². The van der Waals surface area contributed by atoms with Crippen molar-refractivity contribution in [2.75, 3.05) is 7.11 Å². The third-order valence-corrected chi connectivity index (χ3v) is 5.14. The van der Waals surface area contributed by atoms with Crippen LogP contribution in [0.15, 0.2) is 46.8 Å². The molecule has 1 rings (SSSR count). The molecule has 1 unspecified atom stereocenters. The van der Waals surface area contributed by atoms with E-state index in [1.54, 1.807) is 6.08 Å². The van der Waals surface area contributed by atoms with Gasteiger partial charge in [-0.3, -0.25) is 4.79 Å². The SMILES string of the molecule is COC1=C[C@H](O)C(C/C=C(\C)CC/C=C(\C)CCC=C(C)C)[C@@H](C)C1=O. The third kappa shape index (κ3) is 7.33. The fourth-order valence-electron chi connectivity index (χ4n) is 3.26. The smallest absolute Gasteiger partial charge is 0.200 e. The van der Waals surface area contributed by atoms with Gasteiger partial charge in [0.2, 0.25) is 0 Å². The van der Waals surface area contributed by atoms with Crippen molar-refractivity contribution >= 4 is 5.78 Å². The van der Waals surface area contributed by atoms with E-state index < -0.39 is 6.10 Å². The van der Waals surface area contributed by atoms with Crippen molar-refractivity contribution in [3.05, 3.63) is 46.8 Å². The van der Waals surface area contributed by atoms with Gasteiger partial charge in [-0.15, -0.1) is 0 Å². The Morgan fingerprint density at radius 2 is 1.65 bits per heavy atom. The molecule has 0 radical (unpaired) electrons. The van der Waals surface area contributed by atoms with E-state index in [9.17, 15) is 9.90 Å². The summed E-state index contributed by atoms with van der Waals surface area (Å²) < 4.78 is 5.06. The van der Waals surface area contributed by atoms with Crippen molar-refractivity contribution in [2.24, 2.45) is 11.8 Å². The van der Waals surface area contributed by atoms with Crippen LogP contribution < -0.4 is 0 Å². The van der Waals surface area contributed by atoms with Crippen LogP contribution in [0.1, 0.15) is 66.7 Å². The fraction of sp³-hybridized carbons (Fsp3) is 0.609. The van der Waals surface area contributed by atoms with Gasteiger partial charge in [-0.25, -0.2) is 0 Å². The molecule has 0 aromatic rings. The second-order valence-corrected chi connectivity index (χ2v) is 7.74. The summed E-state index contributed by atoms with van der Waals surface area (Å²) in [6.07, 6.45) is 12.7. The summed E-state index contributed by atoms with van der Waals surface area (Å²) in [7, 11) is 1.47. The van der Waals surface area contributed by atoms with Crippen LogP contribution in [0.25, 0.3) is 0 Å².